The highest BCUT2D eigenvalue weighted by molar-refractivity contribution is 6.79. The standard InChI is InChI=1S/C15H24N2Si/c1-5-18(6-2,7-3)12-15-16-13-10-8-9-11-14(13)17(15)4/h8-11H,5-7,12H2,1-4H3. The average molecular weight is 260 g/mol. The zero-order chi connectivity index (χ0) is 13.2. The van der Waals surface area contributed by atoms with Crippen LogP contribution in [0.4, 0.5) is 0 Å². The van der Waals surface area contributed by atoms with Gasteiger partial charge in [-0.2, -0.15) is 0 Å². The Labute approximate surface area is 111 Å². The lowest BCUT2D eigenvalue weighted by atomic mass is 10.3. The molecule has 0 aliphatic rings. The normalized spacial score (nSPS) is 12.2. The van der Waals surface area contributed by atoms with E-state index in [4.69, 9.17) is 4.98 Å². The Hall–Kier alpha value is -1.09. The average Bonchev–Trinajstić information content (AvgIpc) is 2.73. The Morgan fingerprint density at radius 2 is 1.67 bits per heavy atom. The van der Waals surface area contributed by atoms with Crippen LogP contribution < -0.4 is 0 Å². The molecule has 0 atom stereocenters. The SMILES string of the molecule is CC[Si](CC)(CC)Cc1nc2ccccc2n1C. The van der Waals surface area contributed by atoms with Gasteiger partial charge in [0.1, 0.15) is 5.82 Å². The summed E-state index contributed by atoms with van der Waals surface area (Å²) in [6.07, 6.45) is 0. The third-order valence-electron chi connectivity index (χ3n) is 4.66. The molecule has 0 spiro atoms. The van der Waals surface area contributed by atoms with Crippen LogP contribution in [-0.4, -0.2) is 17.6 Å². The number of rotatable bonds is 5. The van der Waals surface area contributed by atoms with Gasteiger partial charge in [-0.25, -0.2) is 4.98 Å². The van der Waals surface area contributed by atoms with Crippen LogP contribution in [0.5, 0.6) is 0 Å². The van der Waals surface area contributed by atoms with E-state index >= 15 is 0 Å². The molecule has 1 aromatic heterocycles. The lowest BCUT2D eigenvalue weighted by molar-refractivity contribution is 0.854. The number of imidazole rings is 1. The van der Waals surface area contributed by atoms with Crippen LogP contribution in [0, 0.1) is 0 Å². The highest BCUT2D eigenvalue weighted by atomic mass is 28.3. The lowest BCUT2D eigenvalue weighted by Gasteiger charge is -2.27. The number of para-hydroxylation sites is 2. The second-order valence-electron chi connectivity index (χ2n) is 5.31. The fourth-order valence-electron chi connectivity index (χ4n) is 2.81. The zero-order valence-electron chi connectivity index (χ0n) is 12.0. The molecule has 1 heterocycles. The van der Waals surface area contributed by atoms with Crippen LogP contribution in [0.2, 0.25) is 18.1 Å². The molecule has 0 saturated heterocycles. The van der Waals surface area contributed by atoms with E-state index in [0.29, 0.717) is 0 Å². The molecule has 0 saturated carbocycles. The molecular formula is C15H24N2Si. The van der Waals surface area contributed by atoms with Gasteiger partial charge in [0.15, 0.2) is 0 Å². The maximum atomic E-state index is 4.84. The van der Waals surface area contributed by atoms with Crippen molar-refractivity contribution in [2.45, 2.75) is 44.9 Å². The van der Waals surface area contributed by atoms with Crippen molar-refractivity contribution in [2.75, 3.05) is 0 Å². The monoisotopic (exact) mass is 260 g/mol. The number of fused-ring (bicyclic) bond motifs is 1. The summed E-state index contributed by atoms with van der Waals surface area (Å²) in [5.74, 6) is 1.29. The molecule has 18 heavy (non-hydrogen) atoms. The minimum atomic E-state index is -1.14. The second-order valence-corrected chi connectivity index (χ2v) is 10.8. The van der Waals surface area contributed by atoms with Crippen molar-refractivity contribution in [3.8, 4) is 0 Å². The molecule has 0 N–H and O–H groups in total. The number of benzene rings is 1. The van der Waals surface area contributed by atoms with E-state index in [0.717, 1.165) is 5.52 Å². The fourth-order valence-corrected chi connectivity index (χ4v) is 6.05. The first kappa shape index (κ1) is 13.3. The van der Waals surface area contributed by atoms with E-state index in [2.05, 4.69) is 56.7 Å². The van der Waals surface area contributed by atoms with Crippen molar-refractivity contribution in [1.29, 1.82) is 0 Å². The molecule has 3 heteroatoms. The quantitative estimate of drug-likeness (QED) is 0.738. The topological polar surface area (TPSA) is 17.8 Å². The molecule has 0 fully saturated rings. The van der Waals surface area contributed by atoms with E-state index in [-0.39, 0.29) is 0 Å². The Morgan fingerprint density at radius 3 is 2.22 bits per heavy atom. The van der Waals surface area contributed by atoms with Gasteiger partial charge in [0.25, 0.3) is 0 Å². The molecule has 2 rings (SSSR count). The smallest absolute Gasteiger partial charge is 0.106 e. The highest BCUT2D eigenvalue weighted by Crippen LogP contribution is 2.26. The molecule has 0 aliphatic heterocycles. The van der Waals surface area contributed by atoms with Gasteiger partial charge >= 0.3 is 0 Å². The summed E-state index contributed by atoms with van der Waals surface area (Å²) in [5.41, 5.74) is 2.40. The molecule has 0 bridgehead atoms. The summed E-state index contributed by atoms with van der Waals surface area (Å²) in [5, 5.41) is 0. The number of hydrogen-bond acceptors (Lipinski definition) is 1. The molecule has 0 amide bonds. The molecule has 98 valence electrons. The minimum absolute atomic E-state index is 1.14. The molecule has 0 radical (unpaired) electrons. The Morgan fingerprint density at radius 1 is 1.06 bits per heavy atom. The summed E-state index contributed by atoms with van der Waals surface area (Å²) >= 11 is 0. The predicted molar refractivity (Wildman–Crippen MR) is 81.6 cm³/mol. The fraction of sp³-hybridized carbons (Fsp3) is 0.533. The molecule has 2 nitrogen and oxygen atoms in total. The van der Waals surface area contributed by atoms with E-state index in [1.165, 1.54) is 35.5 Å². The van der Waals surface area contributed by atoms with E-state index in [1.54, 1.807) is 0 Å². The molecule has 0 aliphatic carbocycles. The van der Waals surface area contributed by atoms with Crippen molar-refractivity contribution < 1.29 is 0 Å². The van der Waals surface area contributed by atoms with Gasteiger partial charge in [0, 0.05) is 13.1 Å². The largest absolute Gasteiger partial charge is 0.331 e. The minimum Gasteiger partial charge on any atom is -0.331 e. The molecule has 2 aromatic rings. The number of nitrogens with zero attached hydrogens (tertiary/aromatic N) is 2. The van der Waals surface area contributed by atoms with Crippen LogP contribution in [-0.2, 0) is 13.1 Å². The second kappa shape index (κ2) is 5.27. The van der Waals surface area contributed by atoms with E-state index in [9.17, 15) is 0 Å². The molecule has 0 unspecified atom stereocenters. The maximum Gasteiger partial charge on any atom is 0.106 e. The van der Waals surface area contributed by atoms with Crippen molar-refractivity contribution >= 4 is 19.1 Å². The van der Waals surface area contributed by atoms with Gasteiger partial charge in [-0.05, 0) is 12.1 Å². The Bertz CT molecular complexity index is 518. The molecule has 1 aromatic carbocycles. The van der Waals surface area contributed by atoms with Crippen LogP contribution in [0.3, 0.4) is 0 Å². The third-order valence-corrected chi connectivity index (χ3v) is 10.2. The van der Waals surface area contributed by atoms with Gasteiger partial charge in [0.2, 0.25) is 0 Å². The van der Waals surface area contributed by atoms with Crippen molar-refractivity contribution in [2.24, 2.45) is 7.05 Å². The van der Waals surface area contributed by atoms with Crippen molar-refractivity contribution in [1.82, 2.24) is 9.55 Å². The summed E-state index contributed by atoms with van der Waals surface area (Å²) in [6.45, 7) is 7.09. The Kier molecular flexibility index (Phi) is 3.90. The van der Waals surface area contributed by atoms with Crippen LogP contribution in [0.25, 0.3) is 11.0 Å². The summed E-state index contributed by atoms with van der Waals surface area (Å²) < 4.78 is 2.29. The summed E-state index contributed by atoms with van der Waals surface area (Å²) in [6, 6.07) is 13.8. The van der Waals surface area contributed by atoms with Gasteiger partial charge < -0.3 is 4.57 Å². The predicted octanol–water partition coefficient (Wildman–Crippen LogP) is 4.16. The van der Waals surface area contributed by atoms with E-state index in [1.807, 2.05) is 0 Å². The van der Waals surface area contributed by atoms with Crippen molar-refractivity contribution in [3.63, 3.8) is 0 Å². The van der Waals surface area contributed by atoms with Crippen LogP contribution >= 0.6 is 0 Å². The molecular weight excluding hydrogens is 236 g/mol. The first-order valence-corrected chi connectivity index (χ1v) is 9.89. The van der Waals surface area contributed by atoms with Crippen LogP contribution in [0.1, 0.15) is 26.6 Å². The first-order valence-electron chi connectivity index (χ1n) is 7.06. The summed E-state index contributed by atoms with van der Waals surface area (Å²) in [4.78, 5) is 4.84. The first-order chi connectivity index (χ1) is 8.65. The van der Waals surface area contributed by atoms with Gasteiger partial charge in [-0.1, -0.05) is 51.0 Å². The van der Waals surface area contributed by atoms with Gasteiger partial charge in [-0.15, -0.1) is 0 Å². The zero-order valence-corrected chi connectivity index (χ0v) is 13.0. The number of aromatic nitrogens is 2. The van der Waals surface area contributed by atoms with Crippen LogP contribution in [0.15, 0.2) is 24.3 Å². The Balaban J connectivity index is 2.39. The highest BCUT2D eigenvalue weighted by Gasteiger charge is 2.28. The maximum absolute atomic E-state index is 4.84. The van der Waals surface area contributed by atoms with Crippen molar-refractivity contribution in [3.05, 3.63) is 30.1 Å². The lowest BCUT2D eigenvalue weighted by Crippen LogP contribution is -2.35. The van der Waals surface area contributed by atoms with Gasteiger partial charge in [-0.3, -0.25) is 0 Å². The number of hydrogen-bond donors (Lipinski definition) is 0. The third kappa shape index (κ3) is 2.24. The van der Waals surface area contributed by atoms with E-state index < -0.39 is 8.07 Å². The van der Waals surface area contributed by atoms with Gasteiger partial charge in [0.05, 0.1) is 19.1 Å². The summed E-state index contributed by atoms with van der Waals surface area (Å²) in [7, 11) is 1.02. The number of aryl methyl sites for hydroxylation is 1.